The van der Waals surface area contributed by atoms with Crippen LogP contribution in [0.1, 0.15) is 33.1 Å². The standard InChI is InChI=1S/C18H32N4O7S2/c1-9(2)6-12(17(27)22-13(18(28)29)7-14(23)24)21-16(26)11(4-5-31-3)20-15(25)10(19)8-30/h9-13,30H,4-8,19H2,1-3H3,(H,20,25)(H,21,26)(H,22,27)(H,23,24)(H,28,29). The molecule has 0 aliphatic carbocycles. The first-order valence-electron chi connectivity index (χ1n) is 9.63. The summed E-state index contributed by atoms with van der Waals surface area (Å²) in [6, 6.07) is -4.62. The third-order valence-electron chi connectivity index (χ3n) is 4.11. The lowest BCUT2D eigenvalue weighted by atomic mass is 10.0. The fourth-order valence-electron chi connectivity index (χ4n) is 2.49. The number of carbonyl (C=O) groups is 5. The second-order valence-corrected chi connectivity index (χ2v) is 8.67. The molecule has 0 heterocycles. The number of thioether (sulfide) groups is 1. The van der Waals surface area contributed by atoms with Crippen LogP contribution in [0, 0.1) is 5.92 Å². The van der Waals surface area contributed by atoms with Crippen molar-refractivity contribution in [3.63, 3.8) is 0 Å². The van der Waals surface area contributed by atoms with Crippen LogP contribution in [0.15, 0.2) is 0 Å². The zero-order valence-electron chi connectivity index (χ0n) is 17.8. The fraction of sp³-hybridized carbons (Fsp3) is 0.722. The van der Waals surface area contributed by atoms with E-state index in [1.54, 1.807) is 13.8 Å². The van der Waals surface area contributed by atoms with Crippen molar-refractivity contribution < 1.29 is 34.2 Å². The Morgan fingerprint density at radius 1 is 0.935 bits per heavy atom. The summed E-state index contributed by atoms with van der Waals surface area (Å²) in [5, 5.41) is 25.2. The minimum Gasteiger partial charge on any atom is -0.481 e. The van der Waals surface area contributed by atoms with Crippen molar-refractivity contribution in [3.05, 3.63) is 0 Å². The maximum absolute atomic E-state index is 12.8. The lowest BCUT2D eigenvalue weighted by molar-refractivity contribution is -0.147. The van der Waals surface area contributed by atoms with Gasteiger partial charge in [-0.2, -0.15) is 24.4 Å². The van der Waals surface area contributed by atoms with Crippen LogP contribution < -0.4 is 21.7 Å². The molecule has 7 N–H and O–H groups in total. The van der Waals surface area contributed by atoms with Crippen molar-refractivity contribution >= 4 is 54.1 Å². The van der Waals surface area contributed by atoms with Crippen molar-refractivity contribution in [1.82, 2.24) is 16.0 Å². The molecule has 0 fully saturated rings. The number of nitrogens with two attached hydrogens (primary N) is 1. The molecule has 0 aliphatic heterocycles. The van der Waals surface area contributed by atoms with Crippen molar-refractivity contribution in [2.45, 2.75) is 57.3 Å². The van der Waals surface area contributed by atoms with E-state index < -0.39 is 60.2 Å². The zero-order valence-corrected chi connectivity index (χ0v) is 19.5. The Morgan fingerprint density at radius 3 is 1.90 bits per heavy atom. The number of thiol groups is 1. The van der Waals surface area contributed by atoms with Crippen LogP contribution in [-0.2, 0) is 24.0 Å². The molecular formula is C18H32N4O7S2. The number of carboxylic acids is 2. The predicted octanol–water partition coefficient (Wildman–Crippen LogP) is -0.944. The molecule has 0 saturated heterocycles. The van der Waals surface area contributed by atoms with Gasteiger partial charge in [-0.1, -0.05) is 13.8 Å². The van der Waals surface area contributed by atoms with Crippen molar-refractivity contribution in [3.8, 4) is 0 Å². The zero-order chi connectivity index (χ0) is 24.1. The van der Waals surface area contributed by atoms with Crippen LogP contribution in [0.2, 0.25) is 0 Å². The number of carbonyl (C=O) groups excluding carboxylic acids is 3. The molecule has 0 aliphatic rings. The van der Waals surface area contributed by atoms with Crippen LogP contribution in [0.5, 0.6) is 0 Å². The third-order valence-corrected chi connectivity index (χ3v) is 5.15. The van der Waals surface area contributed by atoms with Crippen LogP contribution in [0.25, 0.3) is 0 Å². The summed E-state index contributed by atoms with van der Waals surface area (Å²) < 4.78 is 0. The van der Waals surface area contributed by atoms with E-state index in [0.717, 1.165) is 0 Å². The SMILES string of the molecule is CSCCC(NC(=O)C(N)CS)C(=O)NC(CC(C)C)C(=O)NC(CC(=O)O)C(=O)O. The first kappa shape index (κ1) is 29.0. The molecular weight excluding hydrogens is 448 g/mol. The molecule has 4 unspecified atom stereocenters. The van der Waals surface area contributed by atoms with Crippen molar-refractivity contribution in [2.75, 3.05) is 17.8 Å². The van der Waals surface area contributed by atoms with Gasteiger partial charge in [-0.15, -0.1) is 0 Å². The number of hydrogen-bond acceptors (Lipinski definition) is 8. The van der Waals surface area contributed by atoms with Gasteiger partial charge in [0.05, 0.1) is 12.5 Å². The molecule has 0 spiro atoms. The van der Waals surface area contributed by atoms with E-state index in [4.69, 9.17) is 15.9 Å². The Kier molecular flexibility index (Phi) is 14.0. The van der Waals surface area contributed by atoms with Crippen LogP contribution in [0.4, 0.5) is 0 Å². The number of amides is 3. The van der Waals surface area contributed by atoms with Gasteiger partial charge in [0.25, 0.3) is 0 Å². The molecule has 11 nitrogen and oxygen atoms in total. The summed E-state index contributed by atoms with van der Waals surface area (Å²) in [7, 11) is 0. The summed E-state index contributed by atoms with van der Waals surface area (Å²) >= 11 is 5.42. The highest BCUT2D eigenvalue weighted by Gasteiger charge is 2.31. The Morgan fingerprint density at radius 2 is 1.45 bits per heavy atom. The molecule has 178 valence electrons. The highest BCUT2D eigenvalue weighted by atomic mass is 32.2. The molecule has 13 heteroatoms. The fourth-order valence-corrected chi connectivity index (χ4v) is 3.13. The highest BCUT2D eigenvalue weighted by Crippen LogP contribution is 2.08. The Hall–Kier alpha value is -1.99. The average Bonchev–Trinajstić information content (AvgIpc) is 2.68. The molecule has 0 radical (unpaired) electrons. The Bertz CT molecular complexity index is 648. The molecule has 31 heavy (non-hydrogen) atoms. The minimum absolute atomic E-state index is 0.0457. The number of rotatable bonds is 15. The highest BCUT2D eigenvalue weighted by molar-refractivity contribution is 7.98. The molecule has 0 bridgehead atoms. The summed E-state index contributed by atoms with van der Waals surface area (Å²) in [5.74, 6) is -4.31. The van der Waals surface area contributed by atoms with E-state index in [1.807, 2.05) is 6.26 Å². The van der Waals surface area contributed by atoms with E-state index in [2.05, 4.69) is 28.6 Å². The Balaban J connectivity index is 5.43. The maximum atomic E-state index is 12.8. The quantitative estimate of drug-likeness (QED) is 0.145. The van der Waals surface area contributed by atoms with E-state index in [1.165, 1.54) is 11.8 Å². The molecule has 4 atom stereocenters. The maximum Gasteiger partial charge on any atom is 0.326 e. The van der Waals surface area contributed by atoms with Crippen LogP contribution in [0.3, 0.4) is 0 Å². The molecule has 3 amide bonds. The van der Waals surface area contributed by atoms with Gasteiger partial charge in [0.15, 0.2) is 0 Å². The Labute approximate surface area is 191 Å². The first-order valence-corrected chi connectivity index (χ1v) is 11.7. The predicted molar refractivity (Wildman–Crippen MR) is 120 cm³/mol. The molecule has 0 aromatic heterocycles. The number of aliphatic carboxylic acids is 2. The molecule has 0 rings (SSSR count). The van der Waals surface area contributed by atoms with Gasteiger partial charge in [0.2, 0.25) is 17.7 Å². The minimum atomic E-state index is -1.64. The summed E-state index contributed by atoms with van der Waals surface area (Å²) in [4.78, 5) is 59.6. The third kappa shape index (κ3) is 11.8. The normalized spacial score (nSPS) is 14.8. The first-order chi connectivity index (χ1) is 14.4. The smallest absolute Gasteiger partial charge is 0.326 e. The topological polar surface area (TPSA) is 188 Å². The lowest BCUT2D eigenvalue weighted by Gasteiger charge is -2.25. The summed E-state index contributed by atoms with van der Waals surface area (Å²) in [5.41, 5.74) is 5.64. The lowest BCUT2D eigenvalue weighted by Crippen LogP contribution is -2.57. The van der Waals surface area contributed by atoms with Gasteiger partial charge in [-0.25, -0.2) is 4.79 Å². The van der Waals surface area contributed by atoms with E-state index in [9.17, 15) is 24.0 Å². The van der Waals surface area contributed by atoms with Gasteiger partial charge in [-0.05, 0) is 30.8 Å². The molecule has 0 aromatic carbocycles. The van der Waals surface area contributed by atoms with Crippen molar-refractivity contribution in [2.24, 2.45) is 11.7 Å². The van der Waals surface area contributed by atoms with Crippen LogP contribution >= 0.6 is 24.4 Å². The van der Waals surface area contributed by atoms with Gasteiger partial charge < -0.3 is 31.9 Å². The van der Waals surface area contributed by atoms with Gasteiger partial charge in [0, 0.05) is 5.75 Å². The van der Waals surface area contributed by atoms with Crippen LogP contribution in [-0.4, -0.2) is 81.8 Å². The number of carboxylic acid groups (broad SMARTS) is 2. The van der Waals surface area contributed by atoms with Gasteiger partial charge >= 0.3 is 11.9 Å². The second-order valence-electron chi connectivity index (χ2n) is 7.32. The molecule has 0 saturated carbocycles. The number of hydrogen-bond donors (Lipinski definition) is 7. The van der Waals surface area contributed by atoms with E-state index in [-0.39, 0.29) is 24.5 Å². The van der Waals surface area contributed by atoms with Gasteiger partial charge in [0.1, 0.15) is 18.1 Å². The molecule has 0 aromatic rings. The van der Waals surface area contributed by atoms with E-state index >= 15 is 0 Å². The second kappa shape index (κ2) is 14.9. The van der Waals surface area contributed by atoms with E-state index in [0.29, 0.717) is 5.75 Å². The monoisotopic (exact) mass is 480 g/mol. The van der Waals surface area contributed by atoms with Gasteiger partial charge in [-0.3, -0.25) is 19.2 Å². The summed E-state index contributed by atoms with van der Waals surface area (Å²) in [6.07, 6.45) is 1.48. The van der Waals surface area contributed by atoms with Crippen molar-refractivity contribution in [1.29, 1.82) is 0 Å². The summed E-state index contributed by atoms with van der Waals surface area (Å²) in [6.45, 7) is 3.61. The largest absolute Gasteiger partial charge is 0.481 e. The average molecular weight is 481 g/mol. The number of nitrogens with one attached hydrogen (secondary N) is 3.